The van der Waals surface area contributed by atoms with E-state index in [1.165, 1.54) is 17.0 Å². The van der Waals surface area contributed by atoms with Gasteiger partial charge in [-0.05, 0) is 42.7 Å². The average molecular weight is 507 g/mol. The van der Waals surface area contributed by atoms with E-state index >= 15 is 0 Å². The molecule has 1 aliphatic rings. The maximum absolute atomic E-state index is 14.4. The number of hydrogen-bond acceptors (Lipinski definition) is 2. The molecule has 5 nitrogen and oxygen atoms in total. The van der Waals surface area contributed by atoms with E-state index in [2.05, 4.69) is 34.9 Å². The maximum atomic E-state index is 14.4. The lowest BCUT2D eigenvalue weighted by Gasteiger charge is -2.17. The van der Waals surface area contributed by atoms with Gasteiger partial charge in [0.2, 0.25) is 0 Å². The van der Waals surface area contributed by atoms with E-state index in [-0.39, 0.29) is 17.6 Å². The summed E-state index contributed by atoms with van der Waals surface area (Å²) in [4.78, 5) is 15.7. The fourth-order valence-corrected chi connectivity index (χ4v) is 5.73. The normalized spacial score (nSPS) is 15.4. The fraction of sp³-hybridized carbons (Fsp3) is 0.250. The zero-order valence-electron chi connectivity index (χ0n) is 21.6. The number of likely N-dealkylation sites (tertiary alicyclic amines) is 1. The van der Waals surface area contributed by atoms with Gasteiger partial charge in [0, 0.05) is 41.7 Å². The van der Waals surface area contributed by atoms with Crippen LogP contribution in [0.15, 0.2) is 91.3 Å². The van der Waals surface area contributed by atoms with Crippen molar-refractivity contribution in [3.8, 4) is 5.69 Å². The number of rotatable bonds is 7. The summed E-state index contributed by atoms with van der Waals surface area (Å²) >= 11 is 0. The Kier molecular flexibility index (Phi) is 6.54. The van der Waals surface area contributed by atoms with Gasteiger partial charge < -0.3 is 9.47 Å². The largest absolute Gasteiger partial charge is 0.343 e. The molecule has 0 bridgehead atoms. The molecule has 0 spiro atoms. The van der Waals surface area contributed by atoms with Gasteiger partial charge >= 0.3 is 0 Å². The molecule has 38 heavy (non-hydrogen) atoms. The summed E-state index contributed by atoms with van der Waals surface area (Å²) in [5.41, 5.74) is 5.61. The second-order valence-corrected chi connectivity index (χ2v) is 10.1. The van der Waals surface area contributed by atoms with Gasteiger partial charge in [-0.2, -0.15) is 5.10 Å². The van der Waals surface area contributed by atoms with Crippen LogP contribution >= 0.6 is 0 Å². The van der Waals surface area contributed by atoms with Crippen molar-refractivity contribution in [2.45, 2.75) is 38.6 Å². The molecule has 6 rings (SSSR count). The van der Waals surface area contributed by atoms with E-state index in [0.29, 0.717) is 30.8 Å². The fourth-order valence-electron chi connectivity index (χ4n) is 5.73. The predicted molar refractivity (Wildman–Crippen MR) is 148 cm³/mol. The topological polar surface area (TPSA) is 43.1 Å². The molecular formula is C32H31FN4O. The number of carbonyl (C=O) groups is 1. The van der Waals surface area contributed by atoms with Gasteiger partial charge in [0.1, 0.15) is 5.82 Å². The monoisotopic (exact) mass is 506 g/mol. The van der Waals surface area contributed by atoms with Crippen LogP contribution in [0.5, 0.6) is 0 Å². The molecule has 3 aromatic carbocycles. The van der Waals surface area contributed by atoms with Crippen molar-refractivity contribution in [2.75, 3.05) is 13.1 Å². The van der Waals surface area contributed by atoms with Gasteiger partial charge in [0.05, 0.1) is 29.7 Å². The highest BCUT2D eigenvalue weighted by Gasteiger charge is 2.32. The first kappa shape index (κ1) is 24.2. The SMILES string of the molecule is CCCc1c(C(=O)N2CCC(c3cn(Cc4ccccc4F)c4ccccc34)C2)cnn1-c1ccccc1. The van der Waals surface area contributed by atoms with Crippen molar-refractivity contribution in [2.24, 2.45) is 0 Å². The van der Waals surface area contributed by atoms with Crippen LogP contribution in [-0.2, 0) is 13.0 Å². The minimum Gasteiger partial charge on any atom is -0.343 e. The first-order chi connectivity index (χ1) is 18.6. The molecule has 2 aromatic heterocycles. The van der Waals surface area contributed by atoms with Crippen molar-refractivity contribution < 1.29 is 9.18 Å². The number of benzene rings is 3. The minimum absolute atomic E-state index is 0.0493. The quantitative estimate of drug-likeness (QED) is 0.250. The van der Waals surface area contributed by atoms with Gasteiger partial charge in [0.15, 0.2) is 0 Å². The molecule has 0 saturated carbocycles. The van der Waals surface area contributed by atoms with Gasteiger partial charge in [-0.25, -0.2) is 9.07 Å². The van der Waals surface area contributed by atoms with Crippen LogP contribution in [0, 0.1) is 5.82 Å². The third kappa shape index (κ3) is 4.40. The molecule has 0 N–H and O–H groups in total. The molecule has 1 atom stereocenters. The summed E-state index contributed by atoms with van der Waals surface area (Å²) in [6.07, 6.45) is 6.51. The highest BCUT2D eigenvalue weighted by Crippen LogP contribution is 2.35. The van der Waals surface area contributed by atoms with Crippen LogP contribution < -0.4 is 0 Å². The molecule has 3 heterocycles. The first-order valence-electron chi connectivity index (χ1n) is 13.4. The van der Waals surface area contributed by atoms with E-state index in [9.17, 15) is 9.18 Å². The summed E-state index contributed by atoms with van der Waals surface area (Å²) in [5, 5.41) is 5.77. The third-order valence-electron chi connectivity index (χ3n) is 7.62. The number of nitrogens with zero attached hydrogens (tertiary/aromatic N) is 4. The molecule has 1 amide bonds. The van der Waals surface area contributed by atoms with Crippen molar-refractivity contribution in [3.05, 3.63) is 119 Å². The molecule has 0 radical (unpaired) electrons. The molecule has 5 aromatic rings. The van der Waals surface area contributed by atoms with Crippen molar-refractivity contribution in [3.63, 3.8) is 0 Å². The van der Waals surface area contributed by atoms with Gasteiger partial charge in [-0.3, -0.25) is 4.79 Å². The first-order valence-corrected chi connectivity index (χ1v) is 13.4. The molecular weight excluding hydrogens is 475 g/mol. The third-order valence-corrected chi connectivity index (χ3v) is 7.62. The van der Waals surface area contributed by atoms with Crippen molar-refractivity contribution in [1.29, 1.82) is 0 Å². The van der Waals surface area contributed by atoms with E-state index in [0.717, 1.165) is 36.2 Å². The zero-order chi connectivity index (χ0) is 26.1. The van der Waals surface area contributed by atoms with E-state index < -0.39 is 0 Å². The Bertz CT molecular complexity index is 1590. The molecule has 6 heteroatoms. The summed E-state index contributed by atoms with van der Waals surface area (Å²) < 4.78 is 18.5. The molecule has 0 aliphatic carbocycles. The summed E-state index contributed by atoms with van der Waals surface area (Å²) in [5.74, 6) is 0.0844. The lowest BCUT2D eigenvalue weighted by Crippen LogP contribution is -2.29. The predicted octanol–water partition coefficient (Wildman–Crippen LogP) is 6.60. The van der Waals surface area contributed by atoms with Crippen LogP contribution in [0.2, 0.25) is 0 Å². The van der Waals surface area contributed by atoms with Crippen molar-refractivity contribution in [1.82, 2.24) is 19.2 Å². The van der Waals surface area contributed by atoms with E-state index in [4.69, 9.17) is 0 Å². The number of hydrogen-bond donors (Lipinski definition) is 0. The second-order valence-electron chi connectivity index (χ2n) is 10.1. The van der Waals surface area contributed by atoms with Crippen LogP contribution in [0.1, 0.15) is 52.9 Å². The lowest BCUT2D eigenvalue weighted by molar-refractivity contribution is 0.0789. The number of aromatic nitrogens is 3. The number of para-hydroxylation sites is 2. The number of halogens is 1. The highest BCUT2D eigenvalue weighted by atomic mass is 19.1. The number of fused-ring (bicyclic) bond motifs is 1. The second kappa shape index (κ2) is 10.3. The van der Waals surface area contributed by atoms with Crippen LogP contribution in [-0.4, -0.2) is 38.2 Å². The molecule has 1 saturated heterocycles. The van der Waals surface area contributed by atoms with E-state index in [1.807, 2.05) is 64.2 Å². The van der Waals surface area contributed by atoms with Gasteiger partial charge in [0.25, 0.3) is 5.91 Å². The average Bonchev–Trinajstić information content (AvgIpc) is 3.68. The Morgan fingerprint density at radius 3 is 2.58 bits per heavy atom. The van der Waals surface area contributed by atoms with Crippen LogP contribution in [0.25, 0.3) is 16.6 Å². The standard InChI is InChI=1S/C32H31FN4O/c1-2-10-31-27(19-34-37(31)25-12-4-3-5-13-25)32(38)35-18-17-23(20-35)28-22-36(30-16-9-7-14-26(28)30)21-24-11-6-8-15-29(24)33/h3-9,11-16,19,22-23H,2,10,17-18,20-21H2,1H3. The Morgan fingerprint density at radius 1 is 1.00 bits per heavy atom. The zero-order valence-corrected chi connectivity index (χ0v) is 21.6. The Labute approximate surface area is 222 Å². The summed E-state index contributed by atoms with van der Waals surface area (Å²) in [6.45, 7) is 3.97. The number of amides is 1. The highest BCUT2D eigenvalue weighted by molar-refractivity contribution is 5.95. The number of carbonyl (C=O) groups excluding carboxylic acids is 1. The Hall–Kier alpha value is -4.19. The summed E-state index contributed by atoms with van der Waals surface area (Å²) in [7, 11) is 0. The van der Waals surface area contributed by atoms with Gasteiger partial charge in [-0.1, -0.05) is 67.9 Å². The summed E-state index contributed by atoms with van der Waals surface area (Å²) in [6, 6.07) is 25.2. The van der Waals surface area contributed by atoms with Crippen molar-refractivity contribution >= 4 is 16.8 Å². The maximum Gasteiger partial charge on any atom is 0.257 e. The van der Waals surface area contributed by atoms with Crippen LogP contribution in [0.4, 0.5) is 4.39 Å². The van der Waals surface area contributed by atoms with E-state index in [1.54, 1.807) is 12.3 Å². The minimum atomic E-state index is -0.191. The molecule has 192 valence electrons. The van der Waals surface area contributed by atoms with Gasteiger partial charge in [-0.15, -0.1) is 0 Å². The molecule has 1 fully saturated rings. The van der Waals surface area contributed by atoms with Crippen LogP contribution in [0.3, 0.4) is 0 Å². The Balaban J connectivity index is 1.27. The Morgan fingerprint density at radius 2 is 1.76 bits per heavy atom. The lowest BCUT2D eigenvalue weighted by atomic mass is 9.98. The molecule has 1 aliphatic heterocycles. The smallest absolute Gasteiger partial charge is 0.257 e. The molecule has 1 unspecified atom stereocenters.